The Labute approximate surface area is 118 Å². The molecule has 0 bridgehead atoms. The highest BCUT2D eigenvalue weighted by molar-refractivity contribution is 9.10. The van der Waals surface area contributed by atoms with Crippen LogP contribution in [0.5, 0.6) is 0 Å². The SMILES string of the molecule is CC(C)(C)C1CCC(Cn2ncc(Br)c2N)CC1. The van der Waals surface area contributed by atoms with E-state index in [1.165, 1.54) is 25.7 Å². The van der Waals surface area contributed by atoms with Crippen molar-refractivity contribution in [1.29, 1.82) is 0 Å². The van der Waals surface area contributed by atoms with Crippen molar-refractivity contribution in [3.8, 4) is 0 Å². The Morgan fingerprint density at radius 2 is 1.94 bits per heavy atom. The first-order chi connectivity index (χ1) is 8.38. The van der Waals surface area contributed by atoms with Gasteiger partial charge in [0.05, 0.1) is 10.7 Å². The highest BCUT2D eigenvalue weighted by Gasteiger charge is 2.29. The highest BCUT2D eigenvalue weighted by Crippen LogP contribution is 2.40. The van der Waals surface area contributed by atoms with Crippen LogP contribution in [-0.4, -0.2) is 9.78 Å². The van der Waals surface area contributed by atoms with Crippen molar-refractivity contribution in [2.24, 2.45) is 17.3 Å². The van der Waals surface area contributed by atoms with E-state index in [0.717, 1.165) is 28.7 Å². The molecule has 2 rings (SSSR count). The van der Waals surface area contributed by atoms with Crippen LogP contribution in [0.1, 0.15) is 46.5 Å². The van der Waals surface area contributed by atoms with E-state index in [1.54, 1.807) is 6.20 Å². The fourth-order valence-electron chi connectivity index (χ4n) is 2.97. The maximum absolute atomic E-state index is 5.97. The molecular weight excluding hydrogens is 290 g/mol. The van der Waals surface area contributed by atoms with Gasteiger partial charge in [0, 0.05) is 6.54 Å². The second-order valence-electron chi connectivity index (χ2n) is 6.64. The van der Waals surface area contributed by atoms with Gasteiger partial charge in [0.15, 0.2) is 0 Å². The van der Waals surface area contributed by atoms with E-state index >= 15 is 0 Å². The number of halogens is 1. The summed E-state index contributed by atoms with van der Waals surface area (Å²) in [7, 11) is 0. The van der Waals surface area contributed by atoms with Gasteiger partial charge in [-0.1, -0.05) is 20.8 Å². The lowest BCUT2D eigenvalue weighted by atomic mass is 9.70. The zero-order valence-corrected chi connectivity index (χ0v) is 13.2. The van der Waals surface area contributed by atoms with Gasteiger partial charge in [-0.15, -0.1) is 0 Å². The van der Waals surface area contributed by atoms with Gasteiger partial charge >= 0.3 is 0 Å². The van der Waals surface area contributed by atoms with Crippen LogP contribution in [0.15, 0.2) is 10.7 Å². The minimum absolute atomic E-state index is 0.457. The van der Waals surface area contributed by atoms with Gasteiger partial charge in [0.25, 0.3) is 0 Å². The first-order valence-electron chi connectivity index (χ1n) is 6.84. The van der Waals surface area contributed by atoms with Crippen LogP contribution in [0.3, 0.4) is 0 Å². The van der Waals surface area contributed by atoms with Crippen molar-refractivity contribution in [3.63, 3.8) is 0 Å². The number of hydrogen-bond acceptors (Lipinski definition) is 2. The third kappa shape index (κ3) is 3.08. The Morgan fingerprint density at radius 3 is 2.39 bits per heavy atom. The predicted molar refractivity (Wildman–Crippen MR) is 79.2 cm³/mol. The summed E-state index contributed by atoms with van der Waals surface area (Å²) in [5.74, 6) is 2.36. The molecule has 1 aromatic rings. The van der Waals surface area contributed by atoms with E-state index in [9.17, 15) is 0 Å². The molecule has 2 N–H and O–H groups in total. The lowest BCUT2D eigenvalue weighted by molar-refractivity contribution is 0.141. The molecule has 102 valence electrons. The Bertz CT molecular complexity index is 398. The first-order valence-corrected chi connectivity index (χ1v) is 7.64. The summed E-state index contributed by atoms with van der Waals surface area (Å²) >= 11 is 3.41. The molecule has 0 atom stereocenters. The van der Waals surface area contributed by atoms with Crippen molar-refractivity contribution in [3.05, 3.63) is 10.7 Å². The van der Waals surface area contributed by atoms with Crippen LogP contribution in [-0.2, 0) is 6.54 Å². The third-order valence-electron chi connectivity index (χ3n) is 4.34. The average molecular weight is 314 g/mol. The van der Waals surface area contributed by atoms with E-state index in [0.29, 0.717) is 5.41 Å². The number of anilines is 1. The van der Waals surface area contributed by atoms with E-state index < -0.39 is 0 Å². The van der Waals surface area contributed by atoms with E-state index in [4.69, 9.17) is 5.73 Å². The maximum atomic E-state index is 5.97. The monoisotopic (exact) mass is 313 g/mol. The number of hydrogen-bond donors (Lipinski definition) is 1. The fourth-order valence-corrected chi connectivity index (χ4v) is 3.27. The van der Waals surface area contributed by atoms with Crippen LogP contribution >= 0.6 is 15.9 Å². The molecule has 0 aromatic carbocycles. The normalized spacial score (nSPS) is 25.3. The predicted octanol–water partition coefficient (Wildman–Crippen LogP) is 4.08. The molecule has 1 heterocycles. The second kappa shape index (κ2) is 5.24. The largest absolute Gasteiger partial charge is 0.383 e. The van der Waals surface area contributed by atoms with Crippen LogP contribution in [0, 0.1) is 17.3 Å². The van der Waals surface area contributed by atoms with Crippen molar-refractivity contribution < 1.29 is 0 Å². The van der Waals surface area contributed by atoms with Gasteiger partial charge in [0.2, 0.25) is 0 Å². The van der Waals surface area contributed by atoms with Gasteiger partial charge in [-0.25, -0.2) is 4.68 Å². The zero-order chi connectivity index (χ0) is 13.3. The highest BCUT2D eigenvalue weighted by atomic mass is 79.9. The van der Waals surface area contributed by atoms with Gasteiger partial charge in [-0.2, -0.15) is 5.10 Å². The summed E-state index contributed by atoms with van der Waals surface area (Å²) < 4.78 is 2.84. The molecule has 1 aliphatic rings. The number of aromatic nitrogens is 2. The molecule has 1 aliphatic carbocycles. The van der Waals surface area contributed by atoms with Gasteiger partial charge in [-0.3, -0.25) is 0 Å². The van der Waals surface area contributed by atoms with Crippen LogP contribution in [0.2, 0.25) is 0 Å². The minimum atomic E-state index is 0.457. The number of rotatable bonds is 2. The van der Waals surface area contributed by atoms with Crippen molar-refractivity contribution in [1.82, 2.24) is 9.78 Å². The molecule has 0 spiro atoms. The Kier molecular flexibility index (Phi) is 4.05. The Balaban J connectivity index is 1.89. The molecule has 1 saturated carbocycles. The number of nitrogens with two attached hydrogens (primary N) is 1. The molecule has 4 heteroatoms. The number of nitrogen functional groups attached to an aromatic ring is 1. The Morgan fingerprint density at radius 1 is 1.33 bits per heavy atom. The molecule has 1 fully saturated rings. The van der Waals surface area contributed by atoms with E-state index in [1.807, 2.05) is 4.68 Å². The van der Waals surface area contributed by atoms with Crippen LogP contribution < -0.4 is 5.73 Å². The van der Waals surface area contributed by atoms with Crippen molar-refractivity contribution >= 4 is 21.7 Å². The summed E-state index contributed by atoms with van der Waals surface area (Å²) in [6.45, 7) is 8.05. The molecule has 1 aromatic heterocycles. The third-order valence-corrected chi connectivity index (χ3v) is 4.95. The molecule has 0 aliphatic heterocycles. The molecule has 0 saturated heterocycles. The van der Waals surface area contributed by atoms with Crippen LogP contribution in [0.4, 0.5) is 5.82 Å². The maximum Gasteiger partial charge on any atom is 0.136 e. The second-order valence-corrected chi connectivity index (χ2v) is 7.50. The lowest BCUT2D eigenvalue weighted by Crippen LogP contribution is -2.27. The zero-order valence-electron chi connectivity index (χ0n) is 11.6. The quantitative estimate of drug-likeness (QED) is 0.894. The standard InChI is InChI=1S/C14H24BrN3/c1-14(2,3)11-6-4-10(5-7-11)9-18-13(16)12(15)8-17-18/h8,10-11H,4-7,9,16H2,1-3H3. The molecule has 18 heavy (non-hydrogen) atoms. The summed E-state index contributed by atoms with van der Waals surface area (Å²) in [4.78, 5) is 0. The molecular formula is C14H24BrN3. The lowest BCUT2D eigenvalue weighted by Gasteiger charge is -2.37. The van der Waals surface area contributed by atoms with Gasteiger partial charge in [0.1, 0.15) is 5.82 Å². The smallest absolute Gasteiger partial charge is 0.136 e. The summed E-state index contributed by atoms with van der Waals surface area (Å²) in [5.41, 5.74) is 6.43. The molecule has 0 amide bonds. The van der Waals surface area contributed by atoms with Crippen LogP contribution in [0.25, 0.3) is 0 Å². The van der Waals surface area contributed by atoms with Crippen molar-refractivity contribution in [2.45, 2.75) is 53.0 Å². The average Bonchev–Trinajstić information content (AvgIpc) is 2.61. The van der Waals surface area contributed by atoms with E-state index in [2.05, 4.69) is 41.8 Å². The minimum Gasteiger partial charge on any atom is -0.383 e. The summed E-state index contributed by atoms with van der Waals surface area (Å²) in [5, 5.41) is 4.32. The molecule has 0 radical (unpaired) electrons. The van der Waals surface area contributed by atoms with E-state index in [-0.39, 0.29) is 0 Å². The Hall–Kier alpha value is -0.510. The first kappa shape index (κ1) is 13.9. The van der Waals surface area contributed by atoms with Gasteiger partial charge < -0.3 is 5.73 Å². The fraction of sp³-hybridized carbons (Fsp3) is 0.786. The topological polar surface area (TPSA) is 43.8 Å². The van der Waals surface area contributed by atoms with Crippen molar-refractivity contribution in [2.75, 3.05) is 5.73 Å². The van der Waals surface area contributed by atoms with Gasteiger partial charge in [-0.05, 0) is 58.9 Å². The molecule has 3 nitrogen and oxygen atoms in total. The molecule has 0 unspecified atom stereocenters. The summed E-state index contributed by atoms with van der Waals surface area (Å²) in [6, 6.07) is 0. The number of nitrogens with zero attached hydrogens (tertiary/aromatic N) is 2. The summed E-state index contributed by atoms with van der Waals surface area (Å²) in [6.07, 6.45) is 7.08.